The second kappa shape index (κ2) is 5.94. The van der Waals surface area contributed by atoms with Crippen LogP contribution in [0.25, 0.3) is 0 Å². The SMILES string of the molecule is CCOC(=O)C#Cc1ccc(C=O)c(Cl)c1. The average Bonchev–Trinajstić information content (AvgIpc) is 2.27. The number of ether oxygens (including phenoxy) is 1. The first kappa shape index (κ1) is 12.3. The Bertz CT molecular complexity index is 469. The van der Waals surface area contributed by atoms with Gasteiger partial charge in [0.15, 0.2) is 6.29 Å². The molecule has 1 aromatic rings. The second-order valence-corrected chi connectivity index (χ2v) is 3.23. The van der Waals surface area contributed by atoms with Crippen LogP contribution >= 0.6 is 11.6 Å². The molecule has 0 fully saturated rings. The van der Waals surface area contributed by atoms with Crippen LogP contribution in [0.4, 0.5) is 0 Å². The van der Waals surface area contributed by atoms with Gasteiger partial charge in [-0.05, 0) is 25.1 Å². The van der Waals surface area contributed by atoms with E-state index in [1.807, 2.05) is 0 Å². The molecule has 0 unspecified atom stereocenters. The fourth-order valence-electron chi connectivity index (χ4n) is 0.991. The van der Waals surface area contributed by atoms with E-state index in [-0.39, 0.29) is 0 Å². The molecule has 0 aliphatic heterocycles. The number of hydrogen-bond donors (Lipinski definition) is 0. The van der Waals surface area contributed by atoms with E-state index in [4.69, 9.17) is 11.6 Å². The maximum Gasteiger partial charge on any atom is 0.384 e. The van der Waals surface area contributed by atoms with Crippen LogP contribution in [-0.4, -0.2) is 18.9 Å². The molecule has 1 rings (SSSR count). The minimum Gasteiger partial charge on any atom is -0.456 e. The van der Waals surface area contributed by atoms with Crippen molar-refractivity contribution in [2.75, 3.05) is 6.61 Å². The van der Waals surface area contributed by atoms with Crippen molar-refractivity contribution in [3.8, 4) is 11.8 Å². The van der Waals surface area contributed by atoms with Crippen LogP contribution < -0.4 is 0 Å². The van der Waals surface area contributed by atoms with Crippen LogP contribution in [0.3, 0.4) is 0 Å². The van der Waals surface area contributed by atoms with Crippen molar-refractivity contribution >= 4 is 23.9 Å². The van der Waals surface area contributed by atoms with Crippen LogP contribution in [0.1, 0.15) is 22.8 Å². The summed E-state index contributed by atoms with van der Waals surface area (Å²) in [6.45, 7) is 1.99. The molecule has 0 radical (unpaired) electrons. The number of carbonyl (C=O) groups excluding carboxylic acids is 2. The minimum atomic E-state index is -0.585. The van der Waals surface area contributed by atoms with Gasteiger partial charge in [0.2, 0.25) is 0 Å². The molecule has 0 N–H and O–H groups in total. The lowest BCUT2D eigenvalue weighted by Gasteiger charge is -1.96. The van der Waals surface area contributed by atoms with Crippen molar-refractivity contribution in [1.29, 1.82) is 0 Å². The number of halogens is 1. The lowest BCUT2D eigenvalue weighted by Crippen LogP contribution is -1.99. The summed E-state index contributed by atoms with van der Waals surface area (Å²) in [6.07, 6.45) is 0.658. The molecule has 1 aromatic carbocycles. The Hall–Kier alpha value is -1.79. The molecule has 0 heterocycles. The number of esters is 1. The largest absolute Gasteiger partial charge is 0.456 e. The molecule has 0 aliphatic carbocycles. The van der Waals surface area contributed by atoms with Crippen molar-refractivity contribution in [2.24, 2.45) is 0 Å². The number of aldehydes is 1. The number of carbonyl (C=O) groups is 2. The van der Waals surface area contributed by atoms with Gasteiger partial charge in [-0.3, -0.25) is 4.79 Å². The summed E-state index contributed by atoms with van der Waals surface area (Å²) >= 11 is 5.79. The Balaban J connectivity index is 2.86. The standard InChI is InChI=1S/C12H9ClO3/c1-2-16-12(15)6-4-9-3-5-10(8-14)11(13)7-9/h3,5,7-8H,2H2,1H3. The fourth-order valence-corrected chi connectivity index (χ4v) is 1.22. The van der Waals surface area contributed by atoms with Crippen LogP contribution in [0, 0.1) is 11.8 Å². The molecule has 16 heavy (non-hydrogen) atoms. The highest BCUT2D eigenvalue weighted by atomic mass is 35.5. The van der Waals surface area contributed by atoms with Crippen LogP contribution in [-0.2, 0) is 9.53 Å². The van der Waals surface area contributed by atoms with Crippen molar-refractivity contribution < 1.29 is 14.3 Å². The van der Waals surface area contributed by atoms with E-state index in [1.54, 1.807) is 19.1 Å². The summed E-state index contributed by atoms with van der Waals surface area (Å²) < 4.78 is 4.64. The van der Waals surface area contributed by atoms with Gasteiger partial charge >= 0.3 is 5.97 Å². The van der Waals surface area contributed by atoms with E-state index in [1.165, 1.54) is 6.07 Å². The quantitative estimate of drug-likeness (QED) is 0.449. The zero-order valence-electron chi connectivity index (χ0n) is 8.62. The molecule has 0 aromatic heterocycles. The summed E-state index contributed by atoms with van der Waals surface area (Å²) in [7, 11) is 0. The number of benzene rings is 1. The fraction of sp³-hybridized carbons (Fsp3) is 0.167. The Kier molecular flexibility index (Phi) is 4.56. The van der Waals surface area contributed by atoms with Gasteiger partial charge in [0, 0.05) is 17.0 Å². The normalized spacial score (nSPS) is 8.88. The molecule has 0 bridgehead atoms. The molecule has 0 spiro atoms. The smallest absolute Gasteiger partial charge is 0.384 e. The molecular weight excluding hydrogens is 228 g/mol. The van der Waals surface area contributed by atoms with Gasteiger partial charge in [-0.15, -0.1) is 0 Å². The lowest BCUT2D eigenvalue weighted by molar-refractivity contribution is -0.136. The minimum absolute atomic E-state index is 0.290. The Morgan fingerprint density at radius 1 is 1.56 bits per heavy atom. The highest BCUT2D eigenvalue weighted by molar-refractivity contribution is 6.33. The predicted molar refractivity (Wildman–Crippen MR) is 60.4 cm³/mol. The first-order valence-corrected chi connectivity index (χ1v) is 4.98. The van der Waals surface area contributed by atoms with Gasteiger partial charge in [0.1, 0.15) is 0 Å². The molecule has 0 saturated heterocycles. The van der Waals surface area contributed by atoms with Gasteiger partial charge in [-0.2, -0.15) is 0 Å². The predicted octanol–water partition coefficient (Wildman–Crippen LogP) is 2.07. The summed E-state index contributed by atoms with van der Waals surface area (Å²) in [6, 6.07) is 4.68. The molecular formula is C12H9ClO3. The zero-order chi connectivity index (χ0) is 12.0. The van der Waals surface area contributed by atoms with Crippen LogP contribution in [0.5, 0.6) is 0 Å². The summed E-state index contributed by atoms with van der Waals surface area (Å²) in [4.78, 5) is 21.4. The molecule has 0 saturated carbocycles. The Morgan fingerprint density at radius 3 is 2.88 bits per heavy atom. The molecule has 4 heteroatoms. The van der Waals surface area contributed by atoms with E-state index < -0.39 is 5.97 Å². The van der Waals surface area contributed by atoms with Gasteiger partial charge in [0.05, 0.1) is 11.6 Å². The van der Waals surface area contributed by atoms with Crippen LogP contribution in [0.15, 0.2) is 18.2 Å². The first-order valence-electron chi connectivity index (χ1n) is 4.61. The first-order chi connectivity index (χ1) is 7.67. The topological polar surface area (TPSA) is 43.4 Å². The maximum atomic E-state index is 10.9. The average molecular weight is 237 g/mol. The number of hydrogen-bond acceptors (Lipinski definition) is 3. The van der Waals surface area contributed by atoms with E-state index >= 15 is 0 Å². The van der Waals surface area contributed by atoms with E-state index in [0.717, 1.165) is 0 Å². The van der Waals surface area contributed by atoms with Gasteiger partial charge in [-0.1, -0.05) is 17.5 Å². The van der Waals surface area contributed by atoms with Gasteiger partial charge in [-0.25, -0.2) is 4.79 Å². The van der Waals surface area contributed by atoms with Gasteiger partial charge < -0.3 is 4.74 Å². The van der Waals surface area contributed by atoms with Crippen LogP contribution in [0.2, 0.25) is 5.02 Å². The Morgan fingerprint density at radius 2 is 2.31 bits per heavy atom. The van der Waals surface area contributed by atoms with E-state index in [0.29, 0.717) is 29.0 Å². The van der Waals surface area contributed by atoms with Crippen molar-refractivity contribution in [3.63, 3.8) is 0 Å². The molecule has 0 aliphatic rings. The Labute approximate surface area is 98.4 Å². The molecule has 82 valence electrons. The highest BCUT2D eigenvalue weighted by Gasteiger charge is 1.99. The van der Waals surface area contributed by atoms with E-state index in [2.05, 4.69) is 16.6 Å². The molecule has 0 atom stereocenters. The number of rotatable bonds is 2. The summed E-state index contributed by atoms with van der Waals surface area (Å²) in [5.41, 5.74) is 0.951. The van der Waals surface area contributed by atoms with E-state index in [9.17, 15) is 9.59 Å². The van der Waals surface area contributed by atoms with Crippen molar-refractivity contribution in [3.05, 3.63) is 34.3 Å². The maximum absolute atomic E-state index is 10.9. The monoisotopic (exact) mass is 236 g/mol. The summed E-state index contributed by atoms with van der Waals surface area (Å²) in [5.74, 6) is 4.32. The van der Waals surface area contributed by atoms with Gasteiger partial charge in [0.25, 0.3) is 0 Å². The molecule has 3 nitrogen and oxygen atoms in total. The zero-order valence-corrected chi connectivity index (χ0v) is 9.38. The third kappa shape index (κ3) is 3.41. The highest BCUT2D eigenvalue weighted by Crippen LogP contribution is 2.15. The lowest BCUT2D eigenvalue weighted by atomic mass is 10.1. The summed E-state index contributed by atoms with van der Waals surface area (Å²) in [5, 5.41) is 0.311. The molecule has 0 amide bonds. The second-order valence-electron chi connectivity index (χ2n) is 2.82. The van der Waals surface area contributed by atoms with Crippen molar-refractivity contribution in [1.82, 2.24) is 0 Å². The van der Waals surface area contributed by atoms with Crippen molar-refractivity contribution in [2.45, 2.75) is 6.92 Å². The third-order valence-electron chi connectivity index (χ3n) is 1.71. The third-order valence-corrected chi connectivity index (χ3v) is 2.04.